The summed E-state index contributed by atoms with van der Waals surface area (Å²) in [6.45, 7) is 2.44. The van der Waals surface area contributed by atoms with Crippen LogP contribution in [0.25, 0.3) is 0 Å². The van der Waals surface area contributed by atoms with Gasteiger partial charge in [0.2, 0.25) is 10.0 Å². The molecule has 2 aromatic carbocycles. The first kappa shape index (κ1) is 22.1. The van der Waals surface area contributed by atoms with Crippen molar-refractivity contribution in [3.63, 3.8) is 0 Å². The number of sulfonamides is 1. The van der Waals surface area contributed by atoms with Crippen molar-refractivity contribution in [1.29, 1.82) is 0 Å². The first-order chi connectivity index (χ1) is 13.3. The van der Waals surface area contributed by atoms with Crippen molar-refractivity contribution in [1.82, 2.24) is 5.32 Å². The molecule has 1 amide bonds. The molecule has 0 bridgehead atoms. The van der Waals surface area contributed by atoms with Crippen LogP contribution in [0.1, 0.15) is 13.3 Å². The zero-order valence-corrected chi connectivity index (χ0v) is 17.9. The molecule has 0 fully saturated rings. The molecule has 0 spiro atoms. The Morgan fingerprint density at radius 2 is 1.79 bits per heavy atom. The molecule has 1 atom stereocenters. The second-order valence-corrected chi connectivity index (χ2v) is 9.37. The largest absolute Gasteiger partial charge is 0.481 e. The van der Waals surface area contributed by atoms with E-state index < -0.39 is 16.1 Å². The van der Waals surface area contributed by atoms with Crippen molar-refractivity contribution >= 4 is 33.4 Å². The minimum atomic E-state index is -3.32. The van der Waals surface area contributed by atoms with Gasteiger partial charge in [0.15, 0.2) is 6.10 Å². The Hall–Kier alpha value is -2.19. The van der Waals surface area contributed by atoms with Gasteiger partial charge in [-0.3, -0.25) is 9.10 Å². The van der Waals surface area contributed by atoms with Crippen LogP contribution in [0.4, 0.5) is 5.69 Å². The van der Waals surface area contributed by atoms with Crippen LogP contribution in [0.5, 0.6) is 5.75 Å². The third-order valence-corrected chi connectivity index (χ3v) is 6.27. The molecule has 0 saturated heterocycles. The van der Waals surface area contributed by atoms with Crippen LogP contribution in [-0.4, -0.2) is 46.0 Å². The van der Waals surface area contributed by atoms with Crippen LogP contribution in [0.2, 0.25) is 0 Å². The molecular formula is C20H26N2O4S2. The molecule has 8 heteroatoms. The van der Waals surface area contributed by atoms with Crippen LogP contribution in [0.15, 0.2) is 59.5 Å². The molecule has 28 heavy (non-hydrogen) atoms. The summed E-state index contributed by atoms with van der Waals surface area (Å²) in [5.41, 5.74) is 0.533. The average Bonchev–Trinajstić information content (AvgIpc) is 2.69. The summed E-state index contributed by atoms with van der Waals surface area (Å²) in [6, 6.07) is 16.7. The lowest BCUT2D eigenvalue weighted by Crippen LogP contribution is -2.39. The maximum absolute atomic E-state index is 12.4. The Labute approximate surface area is 171 Å². The van der Waals surface area contributed by atoms with E-state index in [2.05, 4.69) is 5.32 Å². The van der Waals surface area contributed by atoms with Gasteiger partial charge >= 0.3 is 0 Å². The molecule has 0 aliphatic heterocycles. The predicted octanol–water partition coefficient (Wildman–Crippen LogP) is 3.15. The van der Waals surface area contributed by atoms with E-state index in [-0.39, 0.29) is 5.91 Å². The maximum atomic E-state index is 12.4. The summed E-state index contributed by atoms with van der Waals surface area (Å²) in [5.74, 6) is 1.14. The second kappa shape index (κ2) is 10.4. The number of ether oxygens (including phenoxy) is 1. The number of carbonyl (C=O) groups excluding carboxylic acids is 1. The first-order valence-electron chi connectivity index (χ1n) is 8.97. The monoisotopic (exact) mass is 422 g/mol. The van der Waals surface area contributed by atoms with Gasteiger partial charge in [-0.1, -0.05) is 25.1 Å². The predicted molar refractivity (Wildman–Crippen MR) is 115 cm³/mol. The lowest BCUT2D eigenvalue weighted by molar-refractivity contribution is -0.127. The van der Waals surface area contributed by atoms with E-state index in [1.807, 2.05) is 37.3 Å². The van der Waals surface area contributed by atoms with Crippen LogP contribution in [0, 0.1) is 0 Å². The highest BCUT2D eigenvalue weighted by Crippen LogP contribution is 2.21. The van der Waals surface area contributed by atoms with E-state index in [1.165, 1.54) is 16.2 Å². The average molecular weight is 423 g/mol. The van der Waals surface area contributed by atoms with E-state index in [4.69, 9.17) is 4.74 Å². The van der Waals surface area contributed by atoms with E-state index in [1.54, 1.807) is 36.0 Å². The van der Waals surface area contributed by atoms with Crippen molar-refractivity contribution in [2.75, 3.05) is 29.9 Å². The number of nitrogens with zero attached hydrogens (tertiary/aromatic N) is 1. The molecule has 1 N–H and O–H groups in total. The lowest BCUT2D eigenvalue weighted by atomic mass is 10.2. The molecule has 0 aliphatic rings. The van der Waals surface area contributed by atoms with Crippen molar-refractivity contribution in [3.05, 3.63) is 54.6 Å². The van der Waals surface area contributed by atoms with Gasteiger partial charge in [-0.05, 0) is 42.8 Å². The van der Waals surface area contributed by atoms with Crippen LogP contribution in [-0.2, 0) is 14.8 Å². The molecule has 2 rings (SSSR count). The van der Waals surface area contributed by atoms with Crippen LogP contribution >= 0.6 is 11.8 Å². The molecule has 2 aromatic rings. The van der Waals surface area contributed by atoms with Crippen molar-refractivity contribution in [3.8, 4) is 5.75 Å². The second-order valence-electron chi connectivity index (χ2n) is 6.19. The Morgan fingerprint density at radius 3 is 2.36 bits per heavy atom. The number of hydrogen-bond acceptors (Lipinski definition) is 5. The number of benzene rings is 2. The van der Waals surface area contributed by atoms with Crippen molar-refractivity contribution < 1.29 is 17.9 Å². The minimum absolute atomic E-state index is 0.159. The fourth-order valence-electron chi connectivity index (χ4n) is 2.39. The highest BCUT2D eigenvalue weighted by Gasteiger charge is 2.18. The van der Waals surface area contributed by atoms with E-state index in [9.17, 15) is 13.2 Å². The molecule has 0 heterocycles. The molecule has 0 aliphatic carbocycles. The van der Waals surface area contributed by atoms with Crippen molar-refractivity contribution in [2.24, 2.45) is 0 Å². The Balaban J connectivity index is 1.84. The summed E-state index contributed by atoms with van der Waals surface area (Å²) in [7, 11) is -1.83. The number of rotatable bonds is 10. The summed E-state index contributed by atoms with van der Waals surface area (Å²) in [4.78, 5) is 13.5. The van der Waals surface area contributed by atoms with Crippen LogP contribution in [0.3, 0.4) is 0 Å². The molecule has 0 aromatic heterocycles. The number of hydrogen-bond donors (Lipinski definition) is 1. The van der Waals surface area contributed by atoms with Crippen molar-refractivity contribution in [2.45, 2.75) is 24.3 Å². The third kappa shape index (κ3) is 6.76. The van der Waals surface area contributed by atoms with Gasteiger partial charge in [0, 0.05) is 24.2 Å². The Kier molecular flexibility index (Phi) is 8.19. The van der Waals surface area contributed by atoms with Gasteiger partial charge in [-0.15, -0.1) is 11.8 Å². The normalized spacial score (nSPS) is 12.2. The zero-order valence-electron chi connectivity index (χ0n) is 16.3. The third-order valence-electron chi connectivity index (χ3n) is 4.05. The highest BCUT2D eigenvalue weighted by molar-refractivity contribution is 7.99. The van der Waals surface area contributed by atoms with E-state index in [0.717, 1.165) is 12.0 Å². The molecule has 6 nitrogen and oxygen atoms in total. The highest BCUT2D eigenvalue weighted by atomic mass is 32.2. The Morgan fingerprint density at radius 1 is 1.14 bits per heavy atom. The molecule has 1 unspecified atom stereocenters. The number of nitrogens with one attached hydrogen (secondary N) is 1. The fourth-order valence-corrected chi connectivity index (χ4v) is 3.68. The standard InChI is InChI=1S/C20H26N2O4S2/c1-4-19(20(23)21-14-15-27-18-8-6-5-7-9-18)26-17-12-10-16(11-13-17)22(2)28(3,24)25/h5-13,19H,4,14-15H2,1-3H3,(H,21,23). The van der Waals surface area contributed by atoms with E-state index in [0.29, 0.717) is 24.4 Å². The zero-order chi connectivity index (χ0) is 20.6. The summed E-state index contributed by atoms with van der Waals surface area (Å²) in [5, 5.41) is 2.90. The SMILES string of the molecule is CCC(Oc1ccc(N(C)S(C)(=O)=O)cc1)C(=O)NCCSc1ccccc1. The van der Waals surface area contributed by atoms with Gasteiger partial charge in [-0.2, -0.15) is 0 Å². The topological polar surface area (TPSA) is 75.7 Å². The maximum Gasteiger partial charge on any atom is 0.261 e. The van der Waals surface area contributed by atoms with E-state index >= 15 is 0 Å². The van der Waals surface area contributed by atoms with Gasteiger partial charge in [0.05, 0.1) is 11.9 Å². The number of amides is 1. The van der Waals surface area contributed by atoms with Crippen LogP contribution < -0.4 is 14.4 Å². The number of carbonyl (C=O) groups is 1. The van der Waals surface area contributed by atoms with Gasteiger partial charge in [0.1, 0.15) is 5.75 Å². The summed E-state index contributed by atoms with van der Waals surface area (Å²) in [6.07, 6.45) is 1.08. The summed E-state index contributed by atoms with van der Waals surface area (Å²) >= 11 is 1.68. The van der Waals surface area contributed by atoms with Gasteiger partial charge in [0.25, 0.3) is 5.91 Å². The molecule has 152 valence electrons. The molecular weight excluding hydrogens is 396 g/mol. The Bertz CT molecular complexity index is 856. The fraction of sp³-hybridized carbons (Fsp3) is 0.350. The quantitative estimate of drug-likeness (QED) is 0.470. The lowest BCUT2D eigenvalue weighted by Gasteiger charge is -2.19. The molecule has 0 radical (unpaired) electrons. The smallest absolute Gasteiger partial charge is 0.261 e. The number of thioether (sulfide) groups is 1. The summed E-state index contributed by atoms with van der Waals surface area (Å²) < 4.78 is 30.1. The van der Waals surface area contributed by atoms with Gasteiger partial charge in [-0.25, -0.2) is 8.42 Å². The van der Waals surface area contributed by atoms with Gasteiger partial charge < -0.3 is 10.1 Å². The minimum Gasteiger partial charge on any atom is -0.481 e. The number of anilines is 1. The first-order valence-corrected chi connectivity index (χ1v) is 11.8. The molecule has 0 saturated carbocycles.